The topological polar surface area (TPSA) is 35.1 Å². The smallest absolute Gasteiger partial charge is 0.194 e. The van der Waals surface area contributed by atoms with Gasteiger partial charge in [0.15, 0.2) is 11.5 Å². The van der Waals surface area contributed by atoms with E-state index >= 15 is 0 Å². The van der Waals surface area contributed by atoms with E-state index in [1.54, 1.807) is 0 Å². The van der Waals surface area contributed by atoms with E-state index in [4.69, 9.17) is 16.5 Å². The molecule has 0 bridgehead atoms. The zero-order valence-corrected chi connectivity index (χ0v) is 30.0. The monoisotopic (exact) mass is 690 g/mol. The molecule has 4 heteroatoms. The molecule has 10 rings (SSSR count). The molecule has 0 saturated carbocycles. The first-order valence-corrected chi connectivity index (χ1v) is 18.3. The van der Waals surface area contributed by atoms with Crippen molar-refractivity contribution >= 4 is 27.5 Å². The standard InChI is InChI=1S/C50H34N4/c1-50(2)42-23-13-10-21-38(42)40-30-48-41(29-43(40)50)39-22-12-15-25-47(39)54(48)36-27-34(37-20-11-14-24-44(37)51-3)26-35(28-36)46-31-45(32-16-6-4-7-17-32)52-49(53-46)33-18-8-5-9-19-33/h4-31H,1-2H3. The largest absolute Gasteiger partial charge is 0.309 e. The summed E-state index contributed by atoms with van der Waals surface area (Å²) in [6.45, 7) is 12.7. The van der Waals surface area contributed by atoms with Crippen molar-refractivity contribution in [2.75, 3.05) is 0 Å². The minimum absolute atomic E-state index is 0.111. The molecule has 0 aliphatic heterocycles. The molecule has 0 amide bonds. The molecule has 9 aromatic rings. The van der Waals surface area contributed by atoms with Crippen molar-refractivity contribution < 1.29 is 0 Å². The van der Waals surface area contributed by atoms with Crippen molar-refractivity contribution in [1.82, 2.24) is 14.5 Å². The maximum Gasteiger partial charge on any atom is 0.194 e. The van der Waals surface area contributed by atoms with E-state index in [2.05, 4.69) is 132 Å². The Kier molecular flexibility index (Phi) is 7.18. The number of hydrogen-bond acceptors (Lipinski definition) is 2. The molecular weight excluding hydrogens is 657 g/mol. The van der Waals surface area contributed by atoms with Gasteiger partial charge in [-0.05, 0) is 75.8 Å². The third-order valence-corrected chi connectivity index (χ3v) is 11.0. The van der Waals surface area contributed by atoms with E-state index in [9.17, 15) is 0 Å². The second-order valence-electron chi connectivity index (χ2n) is 14.5. The van der Waals surface area contributed by atoms with Crippen LogP contribution >= 0.6 is 0 Å². The van der Waals surface area contributed by atoms with Crippen molar-refractivity contribution in [3.8, 4) is 61.8 Å². The van der Waals surface area contributed by atoms with Crippen LogP contribution in [0.2, 0.25) is 0 Å². The summed E-state index contributed by atoms with van der Waals surface area (Å²) in [4.78, 5) is 14.2. The van der Waals surface area contributed by atoms with Crippen LogP contribution in [-0.4, -0.2) is 14.5 Å². The highest BCUT2D eigenvalue weighted by Crippen LogP contribution is 2.51. The molecule has 54 heavy (non-hydrogen) atoms. The van der Waals surface area contributed by atoms with Gasteiger partial charge in [0.25, 0.3) is 0 Å². The minimum atomic E-state index is -0.111. The predicted molar refractivity (Wildman–Crippen MR) is 222 cm³/mol. The third kappa shape index (κ3) is 4.98. The fraction of sp³-hybridized carbons (Fsp3) is 0.0600. The molecule has 2 heterocycles. The molecule has 1 aliphatic carbocycles. The van der Waals surface area contributed by atoms with Crippen LogP contribution in [0.3, 0.4) is 0 Å². The zero-order chi connectivity index (χ0) is 36.4. The molecule has 254 valence electrons. The van der Waals surface area contributed by atoms with E-state index in [1.165, 1.54) is 33.0 Å². The van der Waals surface area contributed by atoms with Gasteiger partial charge in [-0.25, -0.2) is 14.8 Å². The Bertz CT molecular complexity index is 2910. The molecule has 1 aliphatic rings. The highest BCUT2D eigenvalue weighted by Gasteiger charge is 2.36. The Balaban J connectivity index is 1.28. The fourth-order valence-corrected chi connectivity index (χ4v) is 8.37. The number of fused-ring (bicyclic) bond motifs is 6. The van der Waals surface area contributed by atoms with Crippen LogP contribution in [-0.2, 0) is 5.41 Å². The van der Waals surface area contributed by atoms with Crippen LogP contribution in [0.5, 0.6) is 0 Å². The van der Waals surface area contributed by atoms with Gasteiger partial charge in [0.1, 0.15) is 0 Å². The van der Waals surface area contributed by atoms with Crippen molar-refractivity contribution in [2.45, 2.75) is 19.3 Å². The molecule has 0 radical (unpaired) electrons. The first-order chi connectivity index (χ1) is 26.5. The molecule has 7 aromatic carbocycles. The Morgan fingerprint density at radius 3 is 1.89 bits per heavy atom. The lowest BCUT2D eigenvalue weighted by Gasteiger charge is -2.21. The first-order valence-electron chi connectivity index (χ1n) is 18.3. The second-order valence-corrected chi connectivity index (χ2v) is 14.5. The summed E-state index contributed by atoms with van der Waals surface area (Å²) in [7, 11) is 0. The number of para-hydroxylation sites is 2. The third-order valence-electron chi connectivity index (χ3n) is 11.0. The van der Waals surface area contributed by atoms with Gasteiger partial charge in [0.2, 0.25) is 0 Å². The molecule has 0 unspecified atom stereocenters. The summed E-state index contributed by atoms with van der Waals surface area (Å²) in [6, 6.07) is 59.3. The van der Waals surface area contributed by atoms with Gasteiger partial charge < -0.3 is 4.57 Å². The average Bonchev–Trinajstić information content (AvgIpc) is 3.68. The predicted octanol–water partition coefficient (Wildman–Crippen LogP) is 13.1. The Labute approximate surface area is 314 Å². The van der Waals surface area contributed by atoms with E-state index in [0.717, 1.165) is 55.9 Å². The molecule has 0 saturated heterocycles. The normalized spacial score (nSPS) is 12.8. The lowest BCUT2D eigenvalue weighted by molar-refractivity contribution is 0.661. The van der Waals surface area contributed by atoms with Gasteiger partial charge in [-0.1, -0.05) is 141 Å². The average molecular weight is 691 g/mol. The van der Waals surface area contributed by atoms with Gasteiger partial charge in [0.05, 0.1) is 29.0 Å². The van der Waals surface area contributed by atoms with Crippen LogP contribution in [0.1, 0.15) is 25.0 Å². The van der Waals surface area contributed by atoms with Gasteiger partial charge in [-0.2, -0.15) is 0 Å². The maximum atomic E-state index is 8.07. The van der Waals surface area contributed by atoms with Crippen LogP contribution < -0.4 is 0 Å². The van der Waals surface area contributed by atoms with Crippen LogP contribution in [0.4, 0.5) is 5.69 Å². The minimum Gasteiger partial charge on any atom is -0.309 e. The first kappa shape index (κ1) is 31.6. The summed E-state index contributed by atoms with van der Waals surface area (Å²) >= 11 is 0. The van der Waals surface area contributed by atoms with Gasteiger partial charge in [-0.15, -0.1) is 0 Å². The Morgan fingerprint density at radius 2 is 1.11 bits per heavy atom. The van der Waals surface area contributed by atoms with Crippen molar-refractivity contribution in [1.29, 1.82) is 0 Å². The zero-order valence-electron chi connectivity index (χ0n) is 30.0. The molecular formula is C50H34N4. The summed E-state index contributed by atoms with van der Waals surface area (Å²) in [5.41, 5.74) is 15.4. The molecule has 4 nitrogen and oxygen atoms in total. The van der Waals surface area contributed by atoms with Gasteiger partial charge in [-0.3, -0.25) is 0 Å². The quantitative estimate of drug-likeness (QED) is 0.169. The number of nitrogens with zero attached hydrogens (tertiary/aromatic N) is 4. The van der Waals surface area contributed by atoms with Gasteiger partial charge >= 0.3 is 0 Å². The fourth-order valence-electron chi connectivity index (χ4n) is 8.37. The number of hydrogen-bond donors (Lipinski definition) is 0. The summed E-state index contributed by atoms with van der Waals surface area (Å²) in [6.07, 6.45) is 0. The highest BCUT2D eigenvalue weighted by atomic mass is 15.0. The van der Waals surface area contributed by atoms with E-state index < -0.39 is 0 Å². The number of aromatic nitrogens is 3. The Morgan fingerprint density at radius 1 is 0.481 bits per heavy atom. The molecule has 2 aromatic heterocycles. The molecule has 0 atom stereocenters. The van der Waals surface area contributed by atoms with Crippen molar-refractivity contribution in [3.63, 3.8) is 0 Å². The summed E-state index contributed by atoms with van der Waals surface area (Å²) in [5.74, 6) is 0.661. The second kappa shape index (κ2) is 12.3. The highest BCUT2D eigenvalue weighted by molar-refractivity contribution is 6.11. The van der Waals surface area contributed by atoms with E-state index in [-0.39, 0.29) is 5.41 Å². The SMILES string of the molecule is [C-]#[N+]c1ccccc1-c1cc(-c2cc(-c3ccccc3)nc(-c3ccccc3)n2)cc(-n2c3ccccc3c3cc4c(cc32)-c2ccccc2C4(C)C)c1. The molecule has 0 N–H and O–H groups in total. The van der Waals surface area contributed by atoms with Crippen LogP contribution in [0.15, 0.2) is 170 Å². The molecule has 0 spiro atoms. The number of benzene rings is 7. The molecule has 0 fully saturated rings. The van der Waals surface area contributed by atoms with Gasteiger partial charge in [0, 0.05) is 38.6 Å². The van der Waals surface area contributed by atoms with Crippen LogP contribution in [0, 0.1) is 6.57 Å². The van der Waals surface area contributed by atoms with E-state index in [0.29, 0.717) is 11.5 Å². The lowest BCUT2D eigenvalue weighted by Crippen LogP contribution is -2.14. The Hall–Kier alpha value is -7.09. The summed E-state index contributed by atoms with van der Waals surface area (Å²) < 4.78 is 2.39. The summed E-state index contributed by atoms with van der Waals surface area (Å²) in [5, 5.41) is 2.42. The lowest BCUT2D eigenvalue weighted by atomic mass is 9.82. The maximum absolute atomic E-state index is 8.07. The van der Waals surface area contributed by atoms with Crippen LogP contribution in [0.25, 0.3) is 88.5 Å². The number of rotatable bonds is 5. The van der Waals surface area contributed by atoms with Crippen molar-refractivity contribution in [2.24, 2.45) is 0 Å². The van der Waals surface area contributed by atoms with E-state index in [1.807, 2.05) is 60.7 Å². The van der Waals surface area contributed by atoms with Crippen molar-refractivity contribution in [3.05, 3.63) is 192 Å².